The first kappa shape index (κ1) is 18.4. The molecule has 1 atom stereocenters. The molecule has 1 aromatic rings. The Bertz CT molecular complexity index is 584. The Kier molecular flexibility index (Phi) is 6.90. The lowest BCUT2D eigenvalue weighted by Crippen LogP contribution is -2.44. The number of guanidine groups is 1. The molecule has 138 valence electrons. The van der Waals surface area contributed by atoms with Crippen molar-refractivity contribution < 1.29 is 4.74 Å². The van der Waals surface area contributed by atoms with Crippen molar-refractivity contribution in [3.8, 4) is 0 Å². The predicted molar refractivity (Wildman–Crippen MR) is 105 cm³/mol. The smallest absolute Gasteiger partial charge is 0.191 e. The van der Waals surface area contributed by atoms with Gasteiger partial charge in [-0.05, 0) is 38.8 Å². The van der Waals surface area contributed by atoms with Crippen LogP contribution in [0.15, 0.2) is 29.3 Å². The van der Waals surface area contributed by atoms with Gasteiger partial charge in [-0.25, -0.2) is 0 Å². The van der Waals surface area contributed by atoms with Crippen LogP contribution in [0.4, 0.5) is 0 Å². The molecule has 1 fully saturated rings. The molecule has 1 aliphatic heterocycles. The SMILES string of the molecule is CCNC(=NCC(c1ccc(C)s1)N1CCOCC1)NC1CC=CC1. The van der Waals surface area contributed by atoms with Gasteiger partial charge in [-0.3, -0.25) is 9.89 Å². The van der Waals surface area contributed by atoms with E-state index in [1.807, 2.05) is 11.3 Å². The Labute approximate surface area is 155 Å². The zero-order valence-corrected chi connectivity index (χ0v) is 16.1. The quantitative estimate of drug-likeness (QED) is 0.464. The molecule has 0 spiro atoms. The summed E-state index contributed by atoms with van der Waals surface area (Å²) in [5.74, 6) is 0.933. The second-order valence-electron chi connectivity index (χ2n) is 6.62. The standard InChI is InChI=1S/C19H30N4OS/c1-3-20-19(22-16-6-4-5-7-16)21-14-17(18-9-8-15(2)25-18)23-10-12-24-13-11-23/h4-5,8-9,16-17H,3,6-7,10-14H2,1-2H3,(H2,20,21,22). The number of hydrogen-bond donors (Lipinski definition) is 2. The average molecular weight is 363 g/mol. The molecular formula is C19H30N4OS. The van der Waals surface area contributed by atoms with Gasteiger partial charge in [-0.15, -0.1) is 11.3 Å². The van der Waals surface area contributed by atoms with Crippen molar-refractivity contribution in [2.45, 2.75) is 38.8 Å². The van der Waals surface area contributed by atoms with Crippen LogP contribution in [-0.4, -0.2) is 56.3 Å². The summed E-state index contributed by atoms with van der Waals surface area (Å²) in [6, 6.07) is 5.28. The van der Waals surface area contributed by atoms with Gasteiger partial charge in [-0.2, -0.15) is 0 Å². The highest BCUT2D eigenvalue weighted by molar-refractivity contribution is 7.12. The summed E-state index contributed by atoms with van der Waals surface area (Å²) in [6.07, 6.45) is 6.65. The molecule has 0 aromatic carbocycles. The fourth-order valence-electron chi connectivity index (χ4n) is 3.33. The van der Waals surface area contributed by atoms with Gasteiger partial charge in [-0.1, -0.05) is 12.2 Å². The van der Waals surface area contributed by atoms with Crippen molar-refractivity contribution in [1.29, 1.82) is 0 Å². The molecule has 25 heavy (non-hydrogen) atoms. The molecule has 0 radical (unpaired) electrons. The summed E-state index contributed by atoms with van der Waals surface area (Å²) in [5.41, 5.74) is 0. The van der Waals surface area contributed by atoms with Crippen LogP contribution < -0.4 is 10.6 Å². The summed E-state index contributed by atoms with van der Waals surface area (Å²) in [4.78, 5) is 10.2. The third-order valence-electron chi connectivity index (χ3n) is 4.69. The van der Waals surface area contributed by atoms with Crippen LogP contribution in [0, 0.1) is 6.92 Å². The fourth-order valence-corrected chi connectivity index (χ4v) is 4.34. The Balaban J connectivity index is 1.70. The van der Waals surface area contributed by atoms with Crippen LogP contribution in [0.5, 0.6) is 0 Å². The topological polar surface area (TPSA) is 48.9 Å². The molecule has 2 aliphatic rings. The number of morpholine rings is 1. The van der Waals surface area contributed by atoms with Crippen LogP contribution in [0.3, 0.4) is 0 Å². The molecule has 2 N–H and O–H groups in total. The largest absolute Gasteiger partial charge is 0.379 e. The molecule has 6 heteroatoms. The van der Waals surface area contributed by atoms with Crippen molar-refractivity contribution in [3.63, 3.8) is 0 Å². The summed E-state index contributed by atoms with van der Waals surface area (Å²) >= 11 is 1.88. The molecule has 5 nitrogen and oxygen atoms in total. The van der Waals surface area contributed by atoms with E-state index in [0.29, 0.717) is 12.1 Å². The van der Waals surface area contributed by atoms with E-state index in [1.165, 1.54) is 9.75 Å². The third kappa shape index (κ3) is 5.30. The van der Waals surface area contributed by atoms with Crippen LogP contribution in [0.25, 0.3) is 0 Å². The fraction of sp³-hybridized carbons (Fsp3) is 0.632. The number of aryl methyl sites for hydroxylation is 1. The monoisotopic (exact) mass is 362 g/mol. The number of ether oxygens (including phenoxy) is 1. The minimum absolute atomic E-state index is 0.333. The molecular weight excluding hydrogens is 332 g/mol. The molecule has 1 aliphatic carbocycles. The van der Waals surface area contributed by atoms with E-state index in [0.717, 1.165) is 58.2 Å². The van der Waals surface area contributed by atoms with Gasteiger partial charge in [0.2, 0.25) is 0 Å². The highest BCUT2D eigenvalue weighted by Gasteiger charge is 2.24. The molecule has 0 bridgehead atoms. The number of nitrogens with zero attached hydrogens (tertiary/aromatic N) is 2. The summed E-state index contributed by atoms with van der Waals surface area (Å²) in [7, 11) is 0. The molecule has 0 saturated carbocycles. The van der Waals surface area contributed by atoms with Gasteiger partial charge in [0.1, 0.15) is 0 Å². The lowest BCUT2D eigenvalue weighted by Gasteiger charge is -2.33. The van der Waals surface area contributed by atoms with E-state index in [9.17, 15) is 0 Å². The van der Waals surface area contributed by atoms with Gasteiger partial charge in [0.05, 0.1) is 25.8 Å². The molecule has 1 aromatic heterocycles. The van der Waals surface area contributed by atoms with E-state index >= 15 is 0 Å². The Morgan fingerprint density at radius 1 is 1.32 bits per heavy atom. The first-order valence-electron chi connectivity index (χ1n) is 9.34. The summed E-state index contributed by atoms with van der Waals surface area (Å²) in [5, 5.41) is 6.96. The number of thiophene rings is 1. The van der Waals surface area contributed by atoms with Gasteiger partial charge in [0.15, 0.2) is 5.96 Å². The highest BCUT2D eigenvalue weighted by Crippen LogP contribution is 2.28. The first-order chi connectivity index (χ1) is 12.3. The van der Waals surface area contributed by atoms with Crippen molar-refractivity contribution in [2.75, 3.05) is 39.4 Å². The van der Waals surface area contributed by atoms with Gasteiger partial charge >= 0.3 is 0 Å². The molecule has 1 unspecified atom stereocenters. The average Bonchev–Trinajstić information content (AvgIpc) is 3.28. The van der Waals surface area contributed by atoms with Gasteiger partial charge in [0, 0.05) is 35.4 Å². The lowest BCUT2D eigenvalue weighted by atomic mass is 10.2. The highest BCUT2D eigenvalue weighted by atomic mass is 32.1. The van der Waals surface area contributed by atoms with Crippen LogP contribution in [-0.2, 0) is 4.74 Å². The minimum Gasteiger partial charge on any atom is -0.379 e. The summed E-state index contributed by atoms with van der Waals surface area (Å²) < 4.78 is 5.54. The maximum Gasteiger partial charge on any atom is 0.191 e. The van der Waals surface area contributed by atoms with Crippen molar-refractivity contribution in [3.05, 3.63) is 34.0 Å². The zero-order chi connectivity index (χ0) is 17.5. The minimum atomic E-state index is 0.333. The van der Waals surface area contributed by atoms with E-state index in [1.54, 1.807) is 0 Å². The van der Waals surface area contributed by atoms with Crippen molar-refractivity contribution in [2.24, 2.45) is 4.99 Å². The normalized spacial score (nSPS) is 20.8. The summed E-state index contributed by atoms with van der Waals surface area (Å²) in [6.45, 7) is 9.54. The Hall–Kier alpha value is -1.37. The lowest BCUT2D eigenvalue weighted by molar-refractivity contribution is 0.0186. The molecule has 1 saturated heterocycles. The maximum absolute atomic E-state index is 5.54. The number of rotatable bonds is 6. The van der Waals surface area contributed by atoms with Gasteiger partial charge in [0.25, 0.3) is 0 Å². The molecule has 3 rings (SSSR count). The number of nitrogens with one attached hydrogen (secondary N) is 2. The second kappa shape index (κ2) is 9.36. The van der Waals surface area contributed by atoms with Crippen molar-refractivity contribution >= 4 is 17.3 Å². The maximum atomic E-state index is 5.54. The van der Waals surface area contributed by atoms with Gasteiger partial charge < -0.3 is 15.4 Å². The number of aliphatic imine (C=N–C) groups is 1. The van der Waals surface area contributed by atoms with Crippen LogP contribution in [0.1, 0.15) is 35.6 Å². The van der Waals surface area contributed by atoms with Crippen LogP contribution in [0.2, 0.25) is 0 Å². The second-order valence-corrected chi connectivity index (χ2v) is 7.94. The van der Waals surface area contributed by atoms with Crippen molar-refractivity contribution in [1.82, 2.24) is 15.5 Å². The van der Waals surface area contributed by atoms with E-state index < -0.39 is 0 Å². The molecule has 2 heterocycles. The van der Waals surface area contributed by atoms with E-state index in [-0.39, 0.29) is 0 Å². The Morgan fingerprint density at radius 2 is 2.08 bits per heavy atom. The van der Waals surface area contributed by atoms with E-state index in [4.69, 9.17) is 9.73 Å². The Morgan fingerprint density at radius 3 is 2.72 bits per heavy atom. The third-order valence-corrected chi connectivity index (χ3v) is 5.79. The number of hydrogen-bond acceptors (Lipinski definition) is 4. The van der Waals surface area contributed by atoms with Crippen LogP contribution >= 0.6 is 11.3 Å². The predicted octanol–water partition coefficient (Wildman–Crippen LogP) is 2.70. The first-order valence-corrected chi connectivity index (χ1v) is 10.2. The molecule has 0 amide bonds. The zero-order valence-electron chi connectivity index (χ0n) is 15.3. The van der Waals surface area contributed by atoms with E-state index in [2.05, 4.69) is 53.7 Å².